The standard InChI is InChI=1S/C23H28N4O4/c1-6-27-23(29)18-12-20(31-5)19(30-4)11-17(18)21(25-27)22(28)24-13-15-9-7-8-10-16(15)14-26(2)3/h7-12H,6,13-14H2,1-5H3,(H,24,28). The molecule has 8 nitrogen and oxygen atoms in total. The minimum atomic E-state index is -0.362. The second-order valence-electron chi connectivity index (χ2n) is 7.41. The van der Waals surface area contributed by atoms with E-state index in [9.17, 15) is 9.59 Å². The van der Waals surface area contributed by atoms with Gasteiger partial charge in [0.15, 0.2) is 17.2 Å². The SMILES string of the molecule is CCn1nc(C(=O)NCc2ccccc2CN(C)C)c2cc(OC)c(OC)cc2c1=O. The molecule has 0 saturated carbocycles. The predicted octanol–water partition coefficient (Wildman–Crippen LogP) is 2.43. The molecule has 0 aliphatic heterocycles. The Hall–Kier alpha value is -3.39. The van der Waals surface area contributed by atoms with Crippen LogP contribution in [0.1, 0.15) is 28.5 Å². The van der Waals surface area contributed by atoms with Gasteiger partial charge in [0.1, 0.15) is 0 Å². The van der Waals surface area contributed by atoms with Crippen LogP contribution in [0.15, 0.2) is 41.2 Å². The van der Waals surface area contributed by atoms with E-state index in [2.05, 4.69) is 15.3 Å². The highest BCUT2D eigenvalue weighted by molar-refractivity contribution is 6.05. The van der Waals surface area contributed by atoms with Crippen molar-refractivity contribution in [2.24, 2.45) is 0 Å². The molecular weight excluding hydrogens is 396 g/mol. The normalized spacial score (nSPS) is 11.0. The van der Waals surface area contributed by atoms with Gasteiger partial charge >= 0.3 is 0 Å². The molecule has 0 radical (unpaired) electrons. The van der Waals surface area contributed by atoms with Gasteiger partial charge in [-0.15, -0.1) is 0 Å². The van der Waals surface area contributed by atoms with Crippen molar-refractivity contribution in [3.8, 4) is 11.5 Å². The molecule has 1 amide bonds. The molecule has 164 valence electrons. The van der Waals surface area contributed by atoms with Crippen molar-refractivity contribution >= 4 is 16.7 Å². The summed E-state index contributed by atoms with van der Waals surface area (Å²) in [6, 6.07) is 11.2. The van der Waals surface area contributed by atoms with Crippen molar-refractivity contribution in [2.45, 2.75) is 26.6 Å². The summed E-state index contributed by atoms with van der Waals surface area (Å²) in [5.41, 5.74) is 2.04. The van der Waals surface area contributed by atoms with E-state index in [1.165, 1.54) is 18.9 Å². The third-order valence-electron chi connectivity index (χ3n) is 5.02. The number of amides is 1. The number of carbonyl (C=O) groups excluding carboxylic acids is 1. The van der Waals surface area contributed by atoms with E-state index in [0.717, 1.165) is 17.7 Å². The number of nitrogens with one attached hydrogen (secondary N) is 1. The maximum atomic E-state index is 13.1. The lowest BCUT2D eigenvalue weighted by molar-refractivity contribution is 0.0945. The number of fused-ring (bicyclic) bond motifs is 1. The first kappa shape index (κ1) is 22.3. The minimum absolute atomic E-state index is 0.169. The van der Waals surface area contributed by atoms with Gasteiger partial charge in [-0.2, -0.15) is 5.10 Å². The highest BCUT2D eigenvalue weighted by atomic mass is 16.5. The highest BCUT2D eigenvalue weighted by Crippen LogP contribution is 2.31. The molecule has 31 heavy (non-hydrogen) atoms. The smallest absolute Gasteiger partial charge is 0.274 e. The summed E-state index contributed by atoms with van der Waals surface area (Å²) in [6.45, 7) is 3.27. The molecule has 0 atom stereocenters. The van der Waals surface area contributed by atoms with E-state index >= 15 is 0 Å². The van der Waals surface area contributed by atoms with Crippen LogP contribution in [-0.2, 0) is 19.6 Å². The van der Waals surface area contributed by atoms with Gasteiger partial charge in [-0.25, -0.2) is 4.68 Å². The zero-order chi connectivity index (χ0) is 22.5. The third-order valence-corrected chi connectivity index (χ3v) is 5.02. The lowest BCUT2D eigenvalue weighted by atomic mass is 10.1. The Morgan fingerprint density at radius 1 is 1.06 bits per heavy atom. The van der Waals surface area contributed by atoms with Crippen molar-refractivity contribution in [2.75, 3.05) is 28.3 Å². The quantitative estimate of drug-likeness (QED) is 0.598. The van der Waals surface area contributed by atoms with Gasteiger partial charge < -0.3 is 19.7 Å². The maximum absolute atomic E-state index is 13.1. The second-order valence-corrected chi connectivity index (χ2v) is 7.41. The lowest BCUT2D eigenvalue weighted by Gasteiger charge is -2.16. The van der Waals surface area contributed by atoms with Crippen LogP contribution in [0.2, 0.25) is 0 Å². The molecule has 8 heteroatoms. The molecule has 1 heterocycles. The fourth-order valence-electron chi connectivity index (χ4n) is 3.48. The summed E-state index contributed by atoms with van der Waals surface area (Å²) in [4.78, 5) is 28.0. The van der Waals surface area contributed by atoms with Crippen LogP contribution in [0.3, 0.4) is 0 Å². The highest BCUT2D eigenvalue weighted by Gasteiger charge is 2.19. The number of benzene rings is 2. The number of rotatable bonds is 8. The Bertz CT molecular complexity index is 1150. The molecule has 0 aliphatic rings. The third kappa shape index (κ3) is 4.69. The summed E-state index contributed by atoms with van der Waals surface area (Å²) in [6.07, 6.45) is 0. The van der Waals surface area contributed by atoms with Gasteiger partial charge in [0, 0.05) is 25.0 Å². The first-order valence-electron chi connectivity index (χ1n) is 10.1. The molecule has 0 saturated heterocycles. The monoisotopic (exact) mass is 424 g/mol. The molecule has 3 aromatic rings. The van der Waals surface area contributed by atoms with Crippen molar-refractivity contribution in [1.29, 1.82) is 0 Å². The zero-order valence-corrected chi connectivity index (χ0v) is 18.6. The topological polar surface area (TPSA) is 85.7 Å². The zero-order valence-electron chi connectivity index (χ0n) is 18.6. The summed E-state index contributed by atoms with van der Waals surface area (Å²) in [5, 5.41) is 8.05. The van der Waals surface area contributed by atoms with Gasteiger partial charge in [-0.05, 0) is 44.3 Å². The number of hydrogen-bond donors (Lipinski definition) is 1. The van der Waals surface area contributed by atoms with Crippen LogP contribution in [-0.4, -0.2) is 48.9 Å². The van der Waals surface area contributed by atoms with Gasteiger partial charge in [0.05, 0.1) is 19.6 Å². The van der Waals surface area contributed by atoms with Crippen molar-refractivity contribution < 1.29 is 14.3 Å². The Labute approximate surface area is 181 Å². The largest absolute Gasteiger partial charge is 0.493 e. The van der Waals surface area contributed by atoms with Crippen LogP contribution >= 0.6 is 0 Å². The fraction of sp³-hybridized carbons (Fsp3) is 0.348. The van der Waals surface area contributed by atoms with Crippen LogP contribution in [0.25, 0.3) is 10.8 Å². The number of aryl methyl sites for hydroxylation is 1. The van der Waals surface area contributed by atoms with Gasteiger partial charge in [0.2, 0.25) is 0 Å². The molecular formula is C23H28N4O4. The van der Waals surface area contributed by atoms with E-state index in [-0.39, 0.29) is 17.2 Å². The average Bonchev–Trinajstić information content (AvgIpc) is 2.77. The van der Waals surface area contributed by atoms with E-state index in [0.29, 0.717) is 35.4 Å². The molecule has 1 aromatic heterocycles. The number of nitrogens with zero attached hydrogens (tertiary/aromatic N) is 3. The summed E-state index contributed by atoms with van der Waals surface area (Å²) >= 11 is 0. The number of methoxy groups -OCH3 is 2. The Kier molecular flexibility index (Phi) is 6.91. The van der Waals surface area contributed by atoms with Gasteiger partial charge in [-0.1, -0.05) is 24.3 Å². The van der Waals surface area contributed by atoms with Crippen molar-refractivity contribution in [1.82, 2.24) is 20.0 Å². The Balaban J connectivity index is 2.01. The van der Waals surface area contributed by atoms with E-state index < -0.39 is 0 Å². The average molecular weight is 425 g/mol. The van der Waals surface area contributed by atoms with Crippen LogP contribution in [0, 0.1) is 0 Å². The summed E-state index contributed by atoms with van der Waals surface area (Å²) < 4.78 is 12.0. The molecule has 0 bridgehead atoms. The maximum Gasteiger partial charge on any atom is 0.274 e. The molecule has 1 N–H and O–H groups in total. The van der Waals surface area contributed by atoms with Crippen molar-refractivity contribution in [3.63, 3.8) is 0 Å². The minimum Gasteiger partial charge on any atom is -0.493 e. The first-order chi connectivity index (χ1) is 14.9. The van der Waals surface area contributed by atoms with Crippen LogP contribution in [0.5, 0.6) is 11.5 Å². The predicted molar refractivity (Wildman–Crippen MR) is 120 cm³/mol. The molecule has 0 aliphatic carbocycles. The number of ether oxygens (including phenoxy) is 2. The number of carbonyl (C=O) groups is 1. The summed E-state index contributed by atoms with van der Waals surface area (Å²) in [7, 11) is 7.01. The lowest BCUT2D eigenvalue weighted by Crippen LogP contribution is -2.30. The molecule has 0 fully saturated rings. The molecule has 0 spiro atoms. The Morgan fingerprint density at radius 3 is 2.26 bits per heavy atom. The van der Waals surface area contributed by atoms with Gasteiger partial charge in [0.25, 0.3) is 11.5 Å². The Morgan fingerprint density at radius 2 is 1.68 bits per heavy atom. The first-order valence-corrected chi connectivity index (χ1v) is 10.1. The molecule has 2 aromatic carbocycles. The van der Waals surface area contributed by atoms with Crippen molar-refractivity contribution in [3.05, 3.63) is 63.6 Å². The summed E-state index contributed by atoms with van der Waals surface area (Å²) in [5.74, 6) is 0.486. The van der Waals surface area contributed by atoms with Crippen LogP contribution in [0.4, 0.5) is 0 Å². The molecule has 3 rings (SSSR count). The van der Waals surface area contributed by atoms with E-state index in [4.69, 9.17) is 9.47 Å². The number of hydrogen-bond acceptors (Lipinski definition) is 6. The number of aromatic nitrogens is 2. The van der Waals surface area contributed by atoms with E-state index in [1.807, 2.05) is 38.4 Å². The van der Waals surface area contributed by atoms with Gasteiger partial charge in [-0.3, -0.25) is 9.59 Å². The molecule has 0 unspecified atom stereocenters. The van der Waals surface area contributed by atoms with E-state index in [1.54, 1.807) is 19.1 Å². The van der Waals surface area contributed by atoms with Crippen LogP contribution < -0.4 is 20.3 Å². The fourth-order valence-corrected chi connectivity index (χ4v) is 3.48. The second kappa shape index (κ2) is 9.61.